The predicted octanol–water partition coefficient (Wildman–Crippen LogP) is 5.01. The van der Waals surface area contributed by atoms with Gasteiger partial charge in [0.1, 0.15) is 0 Å². The molecule has 3 aromatic rings. The summed E-state index contributed by atoms with van der Waals surface area (Å²) < 4.78 is 5.61. The number of carbonyl (C=O) groups is 1. The van der Waals surface area contributed by atoms with Crippen molar-refractivity contribution in [2.45, 2.75) is 18.1 Å². The van der Waals surface area contributed by atoms with Crippen molar-refractivity contribution in [1.29, 1.82) is 0 Å². The first kappa shape index (κ1) is 17.5. The Labute approximate surface area is 154 Å². The van der Waals surface area contributed by atoms with Gasteiger partial charge in [-0.25, -0.2) is 0 Å². The number of hydrogen-bond donors (Lipinski definition) is 1. The molecule has 0 aliphatic heterocycles. The second-order valence-corrected chi connectivity index (χ2v) is 6.73. The van der Waals surface area contributed by atoms with E-state index < -0.39 is 5.97 Å². The van der Waals surface area contributed by atoms with E-state index in [0.29, 0.717) is 33.9 Å². The van der Waals surface area contributed by atoms with Crippen molar-refractivity contribution in [1.82, 2.24) is 10.2 Å². The maximum Gasteiger partial charge on any atom is 0.303 e. The first-order valence-corrected chi connectivity index (χ1v) is 9.03. The van der Waals surface area contributed by atoms with Gasteiger partial charge in [-0.2, -0.15) is 0 Å². The van der Waals surface area contributed by atoms with E-state index in [1.165, 1.54) is 11.8 Å². The first-order chi connectivity index (χ1) is 12.1. The molecule has 7 heteroatoms. The Balaban J connectivity index is 1.71. The van der Waals surface area contributed by atoms with E-state index in [-0.39, 0.29) is 6.42 Å². The summed E-state index contributed by atoms with van der Waals surface area (Å²) in [4.78, 5) is 10.5. The van der Waals surface area contributed by atoms with Gasteiger partial charge in [0.2, 0.25) is 5.89 Å². The average Bonchev–Trinajstić information content (AvgIpc) is 3.08. The lowest BCUT2D eigenvalue weighted by Gasteiger charge is -2.04. The lowest BCUT2D eigenvalue weighted by molar-refractivity contribution is -0.137. The monoisotopic (exact) mass is 374 g/mol. The van der Waals surface area contributed by atoms with E-state index in [1.54, 1.807) is 0 Å². The van der Waals surface area contributed by atoms with E-state index in [9.17, 15) is 4.79 Å². The number of aromatic nitrogens is 2. The van der Waals surface area contributed by atoms with E-state index in [1.807, 2.05) is 48.5 Å². The number of nitrogens with zero attached hydrogens (tertiary/aromatic N) is 2. The van der Waals surface area contributed by atoms with Crippen molar-refractivity contribution in [2.75, 3.05) is 5.75 Å². The molecule has 0 saturated carbocycles. The molecule has 0 fully saturated rings. The van der Waals surface area contributed by atoms with Gasteiger partial charge in [0.25, 0.3) is 5.22 Å². The van der Waals surface area contributed by atoms with Crippen molar-refractivity contribution in [3.8, 4) is 22.6 Å². The fraction of sp³-hybridized carbons (Fsp3) is 0.167. The van der Waals surface area contributed by atoms with Crippen LogP contribution in [0.4, 0.5) is 0 Å². The molecule has 0 radical (unpaired) electrons. The second-order valence-electron chi connectivity index (χ2n) is 5.28. The van der Waals surface area contributed by atoms with Crippen molar-refractivity contribution in [3.05, 3.63) is 53.6 Å². The third-order valence-electron chi connectivity index (χ3n) is 3.47. The molecule has 1 heterocycles. The number of thioether (sulfide) groups is 1. The molecule has 1 aromatic heterocycles. The van der Waals surface area contributed by atoms with Crippen LogP contribution in [0.1, 0.15) is 12.8 Å². The van der Waals surface area contributed by atoms with Crippen LogP contribution in [-0.2, 0) is 4.79 Å². The Morgan fingerprint density at radius 1 is 1.12 bits per heavy atom. The number of benzene rings is 2. The molecule has 2 aromatic carbocycles. The van der Waals surface area contributed by atoms with Gasteiger partial charge in [-0.15, -0.1) is 10.2 Å². The minimum atomic E-state index is -0.808. The number of carboxylic acid groups (broad SMARTS) is 1. The van der Waals surface area contributed by atoms with E-state index in [4.69, 9.17) is 21.1 Å². The SMILES string of the molecule is O=C(O)CCCSc1nnc(-c2ccc(-c3ccccc3)cc2Cl)o1. The molecule has 0 saturated heterocycles. The molecule has 0 spiro atoms. The van der Waals surface area contributed by atoms with Crippen molar-refractivity contribution >= 4 is 29.3 Å². The van der Waals surface area contributed by atoms with Gasteiger partial charge in [-0.05, 0) is 29.7 Å². The Morgan fingerprint density at radius 2 is 1.92 bits per heavy atom. The van der Waals surface area contributed by atoms with Gasteiger partial charge >= 0.3 is 5.97 Å². The number of carboxylic acids is 1. The molecule has 3 rings (SSSR count). The third kappa shape index (κ3) is 4.61. The van der Waals surface area contributed by atoms with Gasteiger partial charge in [0.15, 0.2) is 0 Å². The summed E-state index contributed by atoms with van der Waals surface area (Å²) in [5, 5.41) is 17.6. The fourth-order valence-electron chi connectivity index (χ4n) is 2.26. The molecule has 0 unspecified atom stereocenters. The number of hydrogen-bond acceptors (Lipinski definition) is 5. The van der Waals surface area contributed by atoms with Crippen LogP contribution in [-0.4, -0.2) is 27.0 Å². The highest BCUT2D eigenvalue weighted by Gasteiger charge is 2.13. The summed E-state index contributed by atoms with van der Waals surface area (Å²) in [5.41, 5.74) is 2.76. The van der Waals surface area contributed by atoms with Crippen LogP contribution in [0, 0.1) is 0 Å². The van der Waals surface area contributed by atoms with Gasteiger partial charge in [0.05, 0.1) is 10.6 Å². The van der Waals surface area contributed by atoms with E-state index >= 15 is 0 Å². The summed E-state index contributed by atoms with van der Waals surface area (Å²) >= 11 is 7.72. The zero-order valence-electron chi connectivity index (χ0n) is 13.2. The molecular weight excluding hydrogens is 360 g/mol. The highest BCUT2D eigenvalue weighted by Crippen LogP contribution is 2.32. The third-order valence-corrected chi connectivity index (χ3v) is 4.69. The van der Waals surface area contributed by atoms with E-state index in [0.717, 1.165) is 11.1 Å². The Bertz CT molecular complexity index is 868. The largest absolute Gasteiger partial charge is 0.481 e. The molecule has 1 N–H and O–H groups in total. The highest BCUT2D eigenvalue weighted by atomic mass is 35.5. The van der Waals surface area contributed by atoms with E-state index in [2.05, 4.69) is 10.2 Å². The lowest BCUT2D eigenvalue weighted by Crippen LogP contribution is -1.94. The van der Waals surface area contributed by atoms with Crippen LogP contribution in [0.15, 0.2) is 58.2 Å². The zero-order valence-corrected chi connectivity index (χ0v) is 14.8. The van der Waals surface area contributed by atoms with Crippen LogP contribution in [0.25, 0.3) is 22.6 Å². The highest BCUT2D eigenvalue weighted by molar-refractivity contribution is 7.99. The number of halogens is 1. The minimum absolute atomic E-state index is 0.126. The fourth-order valence-corrected chi connectivity index (χ4v) is 3.22. The Morgan fingerprint density at radius 3 is 2.64 bits per heavy atom. The molecule has 128 valence electrons. The second kappa shape index (κ2) is 8.18. The molecular formula is C18H15ClN2O3S. The van der Waals surface area contributed by atoms with Gasteiger partial charge in [-0.1, -0.05) is 59.8 Å². The Hall–Kier alpha value is -2.31. The number of rotatable bonds is 7. The van der Waals surface area contributed by atoms with Gasteiger partial charge in [0, 0.05) is 12.2 Å². The molecule has 0 amide bonds. The minimum Gasteiger partial charge on any atom is -0.481 e. The van der Waals surface area contributed by atoms with Crippen LogP contribution >= 0.6 is 23.4 Å². The predicted molar refractivity (Wildman–Crippen MR) is 97.8 cm³/mol. The normalized spacial score (nSPS) is 10.8. The van der Waals surface area contributed by atoms with Crippen molar-refractivity contribution in [2.24, 2.45) is 0 Å². The molecule has 0 bridgehead atoms. The van der Waals surface area contributed by atoms with Crippen molar-refractivity contribution in [3.63, 3.8) is 0 Å². The molecule has 0 atom stereocenters. The maximum absolute atomic E-state index is 10.5. The van der Waals surface area contributed by atoms with Crippen LogP contribution < -0.4 is 0 Å². The summed E-state index contributed by atoms with van der Waals surface area (Å²) in [6, 6.07) is 15.6. The first-order valence-electron chi connectivity index (χ1n) is 7.67. The summed E-state index contributed by atoms with van der Waals surface area (Å²) in [5.74, 6) is 0.150. The van der Waals surface area contributed by atoms with Crippen molar-refractivity contribution < 1.29 is 14.3 Å². The quantitative estimate of drug-likeness (QED) is 0.462. The summed E-state index contributed by atoms with van der Waals surface area (Å²) in [7, 11) is 0. The zero-order chi connectivity index (χ0) is 17.6. The van der Waals surface area contributed by atoms with Gasteiger partial charge in [-0.3, -0.25) is 4.79 Å². The smallest absolute Gasteiger partial charge is 0.303 e. The molecule has 25 heavy (non-hydrogen) atoms. The van der Waals surface area contributed by atoms with Crippen LogP contribution in [0.3, 0.4) is 0 Å². The summed E-state index contributed by atoms with van der Waals surface area (Å²) in [6.45, 7) is 0. The van der Waals surface area contributed by atoms with Gasteiger partial charge < -0.3 is 9.52 Å². The average molecular weight is 375 g/mol. The van der Waals surface area contributed by atoms with Crippen LogP contribution in [0.5, 0.6) is 0 Å². The topological polar surface area (TPSA) is 76.2 Å². The Kier molecular flexibility index (Phi) is 5.73. The molecule has 5 nitrogen and oxygen atoms in total. The van der Waals surface area contributed by atoms with Crippen LogP contribution in [0.2, 0.25) is 5.02 Å². The molecule has 0 aliphatic rings. The molecule has 0 aliphatic carbocycles. The standard InChI is InChI=1S/C18H15ClN2O3S/c19-15-11-13(12-5-2-1-3-6-12)8-9-14(15)17-20-21-18(24-17)25-10-4-7-16(22)23/h1-3,5-6,8-9,11H,4,7,10H2,(H,22,23). The summed E-state index contributed by atoms with van der Waals surface area (Å²) in [6.07, 6.45) is 0.672. The maximum atomic E-state index is 10.5. The lowest BCUT2D eigenvalue weighted by atomic mass is 10.0. The number of aliphatic carboxylic acids is 1.